The lowest BCUT2D eigenvalue weighted by molar-refractivity contribution is -0.143. The summed E-state index contributed by atoms with van der Waals surface area (Å²) in [5, 5.41) is 4.88. The van der Waals surface area contributed by atoms with Gasteiger partial charge >= 0.3 is 30.1 Å². The fourth-order valence-corrected chi connectivity index (χ4v) is 2.07. The van der Waals surface area contributed by atoms with E-state index >= 15 is 0 Å². The van der Waals surface area contributed by atoms with Crippen LogP contribution in [0.5, 0.6) is 0 Å². The third kappa shape index (κ3) is 15.0. The molecule has 186 valence electrons. The molecule has 12 heteroatoms. The van der Waals surface area contributed by atoms with E-state index in [0.717, 1.165) is 0 Å². The van der Waals surface area contributed by atoms with E-state index in [1.54, 1.807) is 0 Å². The van der Waals surface area contributed by atoms with Crippen molar-refractivity contribution in [2.24, 2.45) is 0 Å². The second-order valence-electron chi connectivity index (χ2n) is 6.75. The molecule has 0 fully saturated rings. The molecule has 0 heterocycles. The number of rotatable bonds is 15. The summed E-state index contributed by atoms with van der Waals surface area (Å²) in [5.41, 5.74) is 0.466. The van der Waals surface area contributed by atoms with E-state index in [1.807, 2.05) is 0 Å². The number of hydrogen-bond acceptors (Lipinski definition) is 10. The van der Waals surface area contributed by atoms with Gasteiger partial charge in [-0.2, -0.15) is 0 Å². The van der Waals surface area contributed by atoms with Crippen molar-refractivity contribution in [3.8, 4) is 0 Å². The number of esters is 3. The Balaban J connectivity index is 4.08. The van der Waals surface area contributed by atoms with Gasteiger partial charge in [0.1, 0.15) is 32.5 Å². The first-order valence-corrected chi connectivity index (χ1v) is 10.2. The van der Waals surface area contributed by atoms with E-state index in [0.29, 0.717) is 12.8 Å². The Morgan fingerprint density at radius 3 is 1.73 bits per heavy atom. The van der Waals surface area contributed by atoms with Gasteiger partial charge in [-0.15, -0.1) is 0 Å². The van der Waals surface area contributed by atoms with Gasteiger partial charge in [0.05, 0.1) is 7.11 Å². The topological polar surface area (TPSA) is 156 Å². The highest BCUT2D eigenvalue weighted by molar-refractivity contribution is 5.87. The van der Waals surface area contributed by atoms with E-state index in [1.165, 1.54) is 21.0 Å². The monoisotopic (exact) mass is 472 g/mol. The van der Waals surface area contributed by atoms with Crippen molar-refractivity contribution in [1.82, 2.24) is 10.6 Å². The highest BCUT2D eigenvalue weighted by Gasteiger charge is 2.21. The molecule has 0 rings (SSSR count). The van der Waals surface area contributed by atoms with Crippen molar-refractivity contribution in [2.45, 2.75) is 39.2 Å². The minimum atomic E-state index is -0.949. The summed E-state index contributed by atoms with van der Waals surface area (Å²) < 4.78 is 23.9. The molecular weight excluding hydrogens is 440 g/mol. The molecule has 0 aliphatic rings. The second-order valence-corrected chi connectivity index (χ2v) is 6.75. The molecule has 0 radical (unpaired) electrons. The molecule has 0 aliphatic carbocycles. The van der Waals surface area contributed by atoms with Crippen molar-refractivity contribution in [3.05, 3.63) is 24.3 Å². The Hall–Kier alpha value is -3.57. The maximum Gasteiger partial charge on any atom is 0.407 e. The molecule has 0 aromatic carbocycles. The zero-order chi connectivity index (χ0) is 25.2. The van der Waals surface area contributed by atoms with Crippen molar-refractivity contribution < 1.29 is 47.7 Å². The number of ether oxygens (including phenoxy) is 5. The van der Waals surface area contributed by atoms with E-state index in [2.05, 4.69) is 28.5 Å². The van der Waals surface area contributed by atoms with Crippen LogP contribution in [0.2, 0.25) is 0 Å². The summed E-state index contributed by atoms with van der Waals surface area (Å²) in [7, 11) is 1.19. The SMILES string of the molecule is C=C(C)C(=O)OCCOC(=O)NCCCC[C@H](NC(=O)OCCOC(=O)C(=C)C)C(=O)OC. The first-order valence-electron chi connectivity index (χ1n) is 10.2. The largest absolute Gasteiger partial charge is 0.467 e. The fraction of sp³-hybridized carbons (Fsp3) is 0.571. The summed E-state index contributed by atoms with van der Waals surface area (Å²) in [6.07, 6.45) is -0.362. The summed E-state index contributed by atoms with van der Waals surface area (Å²) in [6.45, 7) is 9.56. The van der Waals surface area contributed by atoms with Crippen LogP contribution in [0.15, 0.2) is 24.3 Å². The Morgan fingerprint density at radius 1 is 0.758 bits per heavy atom. The van der Waals surface area contributed by atoms with Gasteiger partial charge in [-0.3, -0.25) is 0 Å². The molecule has 0 aromatic heterocycles. The number of unbranched alkanes of at least 4 members (excludes halogenated alkanes) is 1. The van der Waals surface area contributed by atoms with Gasteiger partial charge < -0.3 is 34.3 Å². The van der Waals surface area contributed by atoms with Gasteiger partial charge in [0.15, 0.2) is 0 Å². The van der Waals surface area contributed by atoms with Crippen LogP contribution >= 0.6 is 0 Å². The van der Waals surface area contributed by atoms with Crippen molar-refractivity contribution >= 4 is 30.1 Å². The lowest BCUT2D eigenvalue weighted by Gasteiger charge is -2.16. The summed E-state index contributed by atoms with van der Waals surface area (Å²) in [6, 6.07) is -0.949. The van der Waals surface area contributed by atoms with Crippen LogP contribution in [0.3, 0.4) is 0 Å². The third-order valence-corrected chi connectivity index (χ3v) is 3.76. The van der Waals surface area contributed by atoms with Gasteiger partial charge in [-0.25, -0.2) is 24.0 Å². The third-order valence-electron chi connectivity index (χ3n) is 3.76. The molecule has 0 saturated heterocycles. The van der Waals surface area contributed by atoms with Crippen LogP contribution in [-0.2, 0) is 38.1 Å². The zero-order valence-corrected chi connectivity index (χ0v) is 19.2. The number of carbonyl (C=O) groups excluding carboxylic acids is 5. The summed E-state index contributed by atoms with van der Waals surface area (Å²) in [4.78, 5) is 57.6. The van der Waals surface area contributed by atoms with Crippen molar-refractivity contribution in [3.63, 3.8) is 0 Å². The van der Waals surface area contributed by atoms with Gasteiger partial charge in [0.25, 0.3) is 0 Å². The lowest BCUT2D eigenvalue weighted by atomic mass is 10.1. The number of hydrogen-bond donors (Lipinski definition) is 2. The smallest absolute Gasteiger partial charge is 0.407 e. The first-order chi connectivity index (χ1) is 15.6. The zero-order valence-electron chi connectivity index (χ0n) is 19.2. The molecule has 0 spiro atoms. The van der Waals surface area contributed by atoms with Crippen LogP contribution in [-0.4, -0.2) is 76.2 Å². The maximum atomic E-state index is 11.8. The number of methoxy groups -OCH3 is 1. The van der Waals surface area contributed by atoms with Crippen LogP contribution in [0.25, 0.3) is 0 Å². The molecule has 2 N–H and O–H groups in total. The lowest BCUT2D eigenvalue weighted by Crippen LogP contribution is -2.42. The van der Waals surface area contributed by atoms with E-state index in [9.17, 15) is 24.0 Å². The van der Waals surface area contributed by atoms with E-state index in [4.69, 9.17) is 18.9 Å². The predicted octanol–water partition coefficient (Wildman–Crippen LogP) is 1.39. The average Bonchev–Trinajstić information content (AvgIpc) is 2.77. The number of carbonyl (C=O) groups is 5. The highest BCUT2D eigenvalue weighted by Crippen LogP contribution is 2.03. The molecule has 0 bridgehead atoms. The maximum absolute atomic E-state index is 11.8. The van der Waals surface area contributed by atoms with Crippen molar-refractivity contribution in [1.29, 1.82) is 0 Å². The Labute approximate surface area is 192 Å². The predicted molar refractivity (Wildman–Crippen MR) is 115 cm³/mol. The molecular formula is C21H32N2O10. The van der Waals surface area contributed by atoms with Crippen LogP contribution in [0.4, 0.5) is 9.59 Å². The minimum Gasteiger partial charge on any atom is -0.467 e. The molecule has 33 heavy (non-hydrogen) atoms. The van der Waals surface area contributed by atoms with Crippen LogP contribution in [0.1, 0.15) is 33.1 Å². The quantitative estimate of drug-likeness (QED) is 0.154. The second kappa shape index (κ2) is 17.0. The van der Waals surface area contributed by atoms with Crippen LogP contribution in [0, 0.1) is 0 Å². The standard InChI is InChI=1S/C21H32N2O10/c1-14(2)17(24)30-10-12-32-20(27)22-9-7-6-8-16(19(26)29-5)23-21(28)33-13-11-31-18(25)15(3)4/h16H,1,3,6-13H2,2,4-5H3,(H,22,27)(H,23,28)/t16-/m0/s1. The Kier molecular flexibility index (Phi) is 15.2. The molecule has 0 unspecified atom stereocenters. The van der Waals surface area contributed by atoms with Gasteiger partial charge in [0, 0.05) is 17.7 Å². The Bertz CT molecular complexity index is 720. The summed E-state index contributed by atoms with van der Waals surface area (Å²) >= 11 is 0. The van der Waals surface area contributed by atoms with E-state index < -0.39 is 36.1 Å². The van der Waals surface area contributed by atoms with Crippen LogP contribution < -0.4 is 10.6 Å². The molecule has 0 aromatic rings. The number of alkyl carbamates (subject to hydrolysis) is 2. The molecule has 2 amide bonds. The molecule has 1 atom stereocenters. The summed E-state index contributed by atoms with van der Waals surface area (Å²) in [5.74, 6) is -1.82. The molecule has 0 saturated carbocycles. The van der Waals surface area contributed by atoms with Gasteiger partial charge in [-0.05, 0) is 33.1 Å². The van der Waals surface area contributed by atoms with Gasteiger partial charge in [0.2, 0.25) is 0 Å². The highest BCUT2D eigenvalue weighted by atomic mass is 16.6. The average molecular weight is 472 g/mol. The number of amides is 2. The van der Waals surface area contributed by atoms with Crippen molar-refractivity contribution in [2.75, 3.05) is 40.1 Å². The Morgan fingerprint density at radius 2 is 1.24 bits per heavy atom. The normalized spacial score (nSPS) is 10.8. The minimum absolute atomic E-state index is 0.0853. The van der Waals surface area contributed by atoms with Gasteiger partial charge in [-0.1, -0.05) is 13.2 Å². The first kappa shape index (κ1) is 29.4. The fourth-order valence-electron chi connectivity index (χ4n) is 2.07. The molecule has 0 aliphatic heterocycles. The molecule has 12 nitrogen and oxygen atoms in total. The number of nitrogens with one attached hydrogen (secondary N) is 2. The van der Waals surface area contributed by atoms with E-state index in [-0.39, 0.29) is 50.5 Å².